The van der Waals surface area contributed by atoms with Gasteiger partial charge in [0.25, 0.3) is 0 Å². The Labute approximate surface area is 166 Å². The Kier molecular flexibility index (Phi) is 7.38. The van der Waals surface area contributed by atoms with Crippen LogP contribution < -0.4 is 0 Å². The highest BCUT2D eigenvalue weighted by Gasteiger charge is 2.42. The molecule has 1 saturated heterocycles. The quantitative estimate of drug-likeness (QED) is 0.510. The summed E-state index contributed by atoms with van der Waals surface area (Å²) in [4.78, 5) is 25.2. The van der Waals surface area contributed by atoms with Crippen LogP contribution in [0.4, 0.5) is 0 Å². The van der Waals surface area contributed by atoms with Crippen molar-refractivity contribution in [3.05, 3.63) is 71.8 Å². The molecule has 0 bridgehead atoms. The van der Waals surface area contributed by atoms with E-state index in [-0.39, 0.29) is 24.9 Å². The van der Waals surface area contributed by atoms with Gasteiger partial charge in [-0.15, -0.1) is 0 Å². The first kappa shape index (κ1) is 20.3. The van der Waals surface area contributed by atoms with Gasteiger partial charge in [0.05, 0.1) is 18.8 Å². The van der Waals surface area contributed by atoms with Gasteiger partial charge in [-0.25, -0.2) is 0 Å². The van der Waals surface area contributed by atoms with Gasteiger partial charge in [0.1, 0.15) is 5.92 Å². The van der Waals surface area contributed by atoms with Crippen molar-refractivity contribution >= 4 is 11.8 Å². The summed E-state index contributed by atoms with van der Waals surface area (Å²) in [6.07, 6.45) is 2.71. The molecule has 3 rings (SSSR count). The molecule has 1 heterocycles. The van der Waals surface area contributed by atoms with Crippen molar-refractivity contribution in [3.63, 3.8) is 0 Å². The second-order valence-corrected chi connectivity index (χ2v) is 7.25. The van der Waals surface area contributed by atoms with E-state index in [9.17, 15) is 9.59 Å². The molecule has 0 N–H and O–H groups in total. The number of hydrogen-bond acceptors (Lipinski definition) is 4. The lowest BCUT2D eigenvalue weighted by Gasteiger charge is -2.34. The van der Waals surface area contributed by atoms with Gasteiger partial charge >= 0.3 is 5.97 Å². The molecular weight excluding hydrogens is 352 g/mol. The third-order valence-electron chi connectivity index (χ3n) is 5.21. The fraction of sp³-hybridized carbons (Fsp3) is 0.417. The van der Waals surface area contributed by atoms with Crippen LogP contribution in [0, 0.1) is 5.92 Å². The first-order chi connectivity index (χ1) is 13.7. The maximum atomic E-state index is 12.8. The summed E-state index contributed by atoms with van der Waals surface area (Å²) in [5, 5.41) is 0. The molecule has 3 atom stereocenters. The van der Waals surface area contributed by atoms with E-state index in [2.05, 4.69) is 24.3 Å². The highest BCUT2D eigenvalue weighted by atomic mass is 16.5. The van der Waals surface area contributed by atoms with Gasteiger partial charge in [0.15, 0.2) is 5.78 Å². The Hall–Kier alpha value is -2.46. The number of hydrogen-bond donors (Lipinski definition) is 0. The average molecular weight is 380 g/mol. The minimum absolute atomic E-state index is 0.0548. The Morgan fingerprint density at radius 1 is 0.964 bits per heavy atom. The van der Waals surface area contributed by atoms with Crippen LogP contribution in [0.3, 0.4) is 0 Å². The number of benzene rings is 2. The van der Waals surface area contributed by atoms with E-state index in [0.717, 1.165) is 19.3 Å². The maximum Gasteiger partial charge on any atom is 0.319 e. The van der Waals surface area contributed by atoms with E-state index in [1.54, 1.807) is 6.92 Å². The molecule has 28 heavy (non-hydrogen) atoms. The monoisotopic (exact) mass is 380 g/mol. The smallest absolute Gasteiger partial charge is 0.319 e. The number of ether oxygens (including phenoxy) is 2. The van der Waals surface area contributed by atoms with Crippen molar-refractivity contribution in [1.29, 1.82) is 0 Å². The number of esters is 1. The minimum atomic E-state index is -0.809. The summed E-state index contributed by atoms with van der Waals surface area (Å²) in [5.41, 5.74) is 2.40. The minimum Gasteiger partial charge on any atom is -0.465 e. The van der Waals surface area contributed by atoms with Crippen LogP contribution in [-0.2, 0) is 31.9 Å². The van der Waals surface area contributed by atoms with Crippen LogP contribution in [0.25, 0.3) is 0 Å². The van der Waals surface area contributed by atoms with Gasteiger partial charge in [0, 0.05) is 6.42 Å². The van der Waals surface area contributed by atoms with Crippen molar-refractivity contribution < 1.29 is 19.1 Å². The molecule has 148 valence electrons. The number of carbonyl (C=O) groups excluding carboxylic acids is 2. The molecule has 1 fully saturated rings. The first-order valence-electron chi connectivity index (χ1n) is 10.1. The summed E-state index contributed by atoms with van der Waals surface area (Å²) in [6.45, 7) is 2.03. The van der Waals surface area contributed by atoms with E-state index >= 15 is 0 Å². The molecule has 0 aliphatic carbocycles. The lowest BCUT2D eigenvalue weighted by atomic mass is 9.86. The zero-order valence-corrected chi connectivity index (χ0v) is 16.4. The largest absolute Gasteiger partial charge is 0.465 e. The number of rotatable bonds is 8. The topological polar surface area (TPSA) is 52.6 Å². The molecule has 0 unspecified atom stereocenters. The summed E-state index contributed by atoms with van der Waals surface area (Å²) >= 11 is 0. The summed E-state index contributed by atoms with van der Waals surface area (Å²) in [6, 6.07) is 20.3. The second kappa shape index (κ2) is 10.2. The molecule has 0 spiro atoms. The lowest BCUT2D eigenvalue weighted by Crippen LogP contribution is -2.46. The predicted octanol–water partition coefficient (Wildman–Crippen LogP) is 4.16. The third kappa shape index (κ3) is 5.52. The lowest BCUT2D eigenvalue weighted by molar-refractivity contribution is -0.169. The second-order valence-electron chi connectivity index (χ2n) is 7.25. The fourth-order valence-electron chi connectivity index (χ4n) is 3.78. The summed E-state index contributed by atoms with van der Waals surface area (Å²) in [7, 11) is 0. The molecule has 4 heteroatoms. The van der Waals surface area contributed by atoms with Crippen LogP contribution in [0.5, 0.6) is 0 Å². The van der Waals surface area contributed by atoms with E-state index in [1.807, 2.05) is 36.4 Å². The van der Waals surface area contributed by atoms with Gasteiger partial charge < -0.3 is 9.47 Å². The van der Waals surface area contributed by atoms with Crippen molar-refractivity contribution in [2.45, 2.75) is 51.2 Å². The first-order valence-corrected chi connectivity index (χ1v) is 10.1. The molecule has 0 aromatic heterocycles. The predicted molar refractivity (Wildman–Crippen MR) is 108 cm³/mol. The van der Waals surface area contributed by atoms with Gasteiger partial charge in [-0.1, -0.05) is 60.7 Å². The Morgan fingerprint density at radius 2 is 1.54 bits per heavy atom. The van der Waals surface area contributed by atoms with Crippen molar-refractivity contribution in [2.24, 2.45) is 5.92 Å². The molecule has 1 aliphatic heterocycles. The van der Waals surface area contributed by atoms with Crippen LogP contribution in [0.15, 0.2) is 60.7 Å². The zero-order valence-electron chi connectivity index (χ0n) is 16.4. The fourth-order valence-corrected chi connectivity index (χ4v) is 3.78. The molecule has 2 aromatic carbocycles. The summed E-state index contributed by atoms with van der Waals surface area (Å²) < 4.78 is 11.4. The molecule has 4 nitrogen and oxygen atoms in total. The molecule has 2 aromatic rings. The molecule has 0 amide bonds. The highest BCUT2D eigenvalue weighted by Crippen LogP contribution is 2.29. The molecule has 1 aliphatic rings. The number of ketones is 1. The van der Waals surface area contributed by atoms with Crippen LogP contribution in [-0.4, -0.2) is 30.6 Å². The van der Waals surface area contributed by atoms with E-state index in [0.29, 0.717) is 6.42 Å². The van der Waals surface area contributed by atoms with E-state index in [4.69, 9.17) is 9.47 Å². The highest BCUT2D eigenvalue weighted by molar-refractivity contribution is 6.00. The number of carbonyl (C=O) groups is 2. The Balaban J connectivity index is 1.66. The van der Waals surface area contributed by atoms with Crippen molar-refractivity contribution in [2.75, 3.05) is 6.61 Å². The zero-order chi connectivity index (χ0) is 19.8. The average Bonchev–Trinajstić information content (AvgIpc) is 2.72. The van der Waals surface area contributed by atoms with Crippen LogP contribution >= 0.6 is 0 Å². The van der Waals surface area contributed by atoms with Crippen LogP contribution in [0.1, 0.15) is 37.3 Å². The SMILES string of the molecule is CCOC(=O)[C@H]1C(=O)C[C@H](CCc2ccccc2)O[C@@H]1CCc1ccccc1. The van der Waals surface area contributed by atoms with Gasteiger partial charge in [0.2, 0.25) is 0 Å². The van der Waals surface area contributed by atoms with Gasteiger partial charge in [-0.05, 0) is 43.7 Å². The normalized spacial score (nSPS) is 22.0. The Morgan fingerprint density at radius 3 is 2.11 bits per heavy atom. The van der Waals surface area contributed by atoms with Crippen molar-refractivity contribution in [3.8, 4) is 0 Å². The van der Waals surface area contributed by atoms with Crippen LogP contribution in [0.2, 0.25) is 0 Å². The Bertz CT molecular complexity index is 757. The molecule has 0 saturated carbocycles. The third-order valence-corrected chi connectivity index (χ3v) is 5.21. The van der Waals surface area contributed by atoms with E-state index < -0.39 is 18.0 Å². The van der Waals surface area contributed by atoms with E-state index in [1.165, 1.54) is 11.1 Å². The standard InChI is InChI=1S/C24H28O4/c1-2-27-24(26)23-21(25)17-20(15-13-18-9-5-3-6-10-18)28-22(23)16-14-19-11-7-4-8-12-19/h3-12,20,22-23H,2,13-17H2,1H3/t20-,22+,23-/m0/s1. The molecular formula is C24H28O4. The van der Waals surface area contributed by atoms with Gasteiger partial charge in [-0.3, -0.25) is 9.59 Å². The molecule has 0 radical (unpaired) electrons. The van der Waals surface area contributed by atoms with Gasteiger partial charge in [-0.2, -0.15) is 0 Å². The summed E-state index contributed by atoms with van der Waals surface area (Å²) in [5.74, 6) is -1.32. The number of Topliss-reactive ketones (excluding diaryl/α,β-unsaturated/α-hetero) is 1. The maximum absolute atomic E-state index is 12.8. The van der Waals surface area contributed by atoms with Crippen molar-refractivity contribution in [1.82, 2.24) is 0 Å². The number of aryl methyl sites for hydroxylation is 2.